The molecular weight excluding hydrogens is 238 g/mol. The fraction of sp³-hybridized carbons (Fsp3) is 0.643. The summed E-state index contributed by atoms with van der Waals surface area (Å²) in [6.07, 6.45) is 5.45. The van der Waals surface area contributed by atoms with Crippen LogP contribution in [0.25, 0.3) is 5.78 Å². The molecule has 0 atom stereocenters. The monoisotopic (exact) mass is 259 g/mol. The second kappa shape index (κ2) is 4.79. The van der Waals surface area contributed by atoms with Crippen LogP contribution < -0.4 is 4.90 Å². The van der Waals surface area contributed by atoms with E-state index in [1.54, 1.807) is 6.33 Å². The first-order chi connectivity index (χ1) is 9.18. The maximum atomic E-state index is 4.58. The van der Waals surface area contributed by atoms with Gasteiger partial charge in [-0.05, 0) is 32.1 Å². The highest BCUT2D eigenvalue weighted by atomic mass is 15.4. The van der Waals surface area contributed by atoms with E-state index in [0.29, 0.717) is 11.7 Å². The van der Waals surface area contributed by atoms with Crippen molar-refractivity contribution in [2.45, 2.75) is 46.0 Å². The summed E-state index contributed by atoms with van der Waals surface area (Å²) in [5.41, 5.74) is 2.39. The number of rotatable bonds is 2. The van der Waals surface area contributed by atoms with Crippen LogP contribution >= 0.6 is 0 Å². The quantitative estimate of drug-likeness (QED) is 0.831. The van der Waals surface area contributed by atoms with Gasteiger partial charge in [-0.1, -0.05) is 13.8 Å². The Balaban J connectivity index is 2.22. The minimum Gasteiger partial charge on any atom is -0.356 e. The lowest BCUT2D eigenvalue weighted by Crippen LogP contribution is -2.33. The third-order valence-corrected chi connectivity index (χ3v) is 3.86. The summed E-state index contributed by atoms with van der Waals surface area (Å²) in [7, 11) is 0. The van der Waals surface area contributed by atoms with Gasteiger partial charge in [0.2, 0.25) is 0 Å². The van der Waals surface area contributed by atoms with Gasteiger partial charge < -0.3 is 4.90 Å². The van der Waals surface area contributed by atoms with Crippen LogP contribution in [0.1, 0.15) is 50.3 Å². The highest BCUT2D eigenvalue weighted by molar-refractivity contribution is 5.56. The summed E-state index contributed by atoms with van der Waals surface area (Å²) in [5, 5.41) is 4.38. The van der Waals surface area contributed by atoms with Gasteiger partial charge in [0, 0.05) is 24.3 Å². The van der Waals surface area contributed by atoms with Gasteiger partial charge in [-0.25, -0.2) is 4.98 Å². The first-order valence-electron chi connectivity index (χ1n) is 7.13. The van der Waals surface area contributed by atoms with E-state index in [1.165, 1.54) is 30.6 Å². The van der Waals surface area contributed by atoms with Crippen molar-refractivity contribution in [2.75, 3.05) is 18.0 Å². The molecule has 5 heteroatoms. The van der Waals surface area contributed by atoms with Crippen molar-refractivity contribution in [1.82, 2.24) is 19.6 Å². The Hall–Kier alpha value is -1.65. The van der Waals surface area contributed by atoms with Crippen LogP contribution in [0.3, 0.4) is 0 Å². The second-order valence-corrected chi connectivity index (χ2v) is 5.61. The molecule has 0 amide bonds. The van der Waals surface area contributed by atoms with E-state index in [0.717, 1.165) is 18.8 Å². The summed E-state index contributed by atoms with van der Waals surface area (Å²) in [4.78, 5) is 11.3. The standard InChI is InChI=1S/C14H21N5/c1-10(2)12-11(3)17-14-15-9-16-19(14)13(12)18-7-5-4-6-8-18/h9-10H,4-8H2,1-3H3. The number of aromatic nitrogens is 4. The molecule has 3 rings (SSSR count). The number of fused-ring (bicyclic) bond motifs is 1. The van der Waals surface area contributed by atoms with Crippen molar-refractivity contribution in [2.24, 2.45) is 0 Å². The summed E-state index contributed by atoms with van der Waals surface area (Å²) in [6.45, 7) is 8.74. The molecule has 1 aliphatic heterocycles. The zero-order valence-corrected chi connectivity index (χ0v) is 11.9. The van der Waals surface area contributed by atoms with Crippen molar-refractivity contribution in [3.63, 3.8) is 0 Å². The Morgan fingerprint density at radius 1 is 1.16 bits per heavy atom. The van der Waals surface area contributed by atoms with Gasteiger partial charge in [0.1, 0.15) is 12.1 Å². The molecule has 3 heterocycles. The van der Waals surface area contributed by atoms with E-state index < -0.39 is 0 Å². The molecule has 0 unspecified atom stereocenters. The van der Waals surface area contributed by atoms with Gasteiger partial charge in [-0.2, -0.15) is 14.6 Å². The lowest BCUT2D eigenvalue weighted by molar-refractivity contribution is 0.563. The number of hydrogen-bond donors (Lipinski definition) is 0. The van der Waals surface area contributed by atoms with Gasteiger partial charge in [0.15, 0.2) is 0 Å². The van der Waals surface area contributed by atoms with Gasteiger partial charge in [0.05, 0.1) is 0 Å². The number of hydrogen-bond acceptors (Lipinski definition) is 4. The number of aryl methyl sites for hydroxylation is 1. The highest BCUT2D eigenvalue weighted by Gasteiger charge is 2.23. The molecule has 0 radical (unpaired) electrons. The molecule has 2 aromatic rings. The lowest BCUT2D eigenvalue weighted by Gasteiger charge is -2.31. The molecule has 1 fully saturated rings. The Kier molecular flexibility index (Phi) is 3.12. The van der Waals surface area contributed by atoms with Gasteiger partial charge >= 0.3 is 0 Å². The van der Waals surface area contributed by atoms with Crippen molar-refractivity contribution in [3.05, 3.63) is 17.6 Å². The first-order valence-corrected chi connectivity index (χ1v) is 7.13. The molecule has 2 aromatic heterocycles. The van der Waals surface area contributed by atoms with Gasteiger partial charge in [-0.15, -0.1) is 0 Å². The van der Waals surface area contributed by atoms with E-state index in [-0.39, 0.29) is 0 Å². The molecule has 0 saturated carbocycles. The van der Waals surface area contributed by atoms with Crippen molar-refractivity contribution in [1.29, 1.82) is 0 Å². The normalized spacial score (nSPS) is 16.5. The van der Waals surface area contributed by atoms with Gasteiger partial charge in [0.25, 0.3) is 5.78 Å². The van der Waals surface area contributed by atoms with Crippen LogP contribution in [0.4, 0.5) is 5.82 Å². The average molecular weight is 259 g/mol. The molecule has 0 aliphatic carbocycles. The Morgan fingerprint density at radius 2 is 1.89 bits per heavy atom. The van der Waals surface area contributed by atoms with Crippen LogP contribution in [0.15, 0.2) is 6.33 Å². The van der Waals surface area contributed by atoms with Crippen LogP contribution in [-0.4, -0.2) is 32.7 Å². The minimum atomic E-state index is 0.443. The summed E-state index contributed by atoms with van der Waals surface area (Å²) in [5.74, 6) is 2.36. The maximum Gasteiger partial charge on any atom is 0.254 e. The highest BCUT2D eigenvalue weighted by Crippen LogP contribution is 2.31. The molecule has 19 heavy (non-hydrogen) atoms. The van der Waals surface area contributed by atoms with Crippen molar-refractivity contribution >= 4 is 11.6 Å². The molecule has 0 bridgehead atoms. The van der Waals surface area contributed by atoms with Crippen molar-refractivity contribution in [3.8, 4) is 0 Å². The van der Waals surface area contributed by atoms with Gasteiger partial charge in [-0.3, -0.25) is 0 Å². The first kappa shape index (κ1) is 12.4. The summed E-state index contributed by atoms with van der Waals surface area (Å²) in [6, 6.07) is 0. The summed E-state index contributed by atoms with van der Waals surface area (Å²) >= 11 is 0. The fourth-order valence-corrected chi connectivity index (χ4v) is 3.03. The smallest absolute Gasteiger partial charge is 0.254 e. The summed E-state index contributed by atoms with van der Waals surface area (Å²) < 4.78 is 1.91. The molecule has 0 N–H and O–H groups in total. The van der Waals surface area contributed by atoms with Crippen LogP contribution in [0, 0.1) is 6.92 Å². The molecule has 5 nitrogen and oxygen atoms in total. The molecule has 0 spiro atoms. The number of piperidine rings is 1. The molecule has 1 aliphatic rings. The second-order valence-electron chi connectivity index (χ2n) is 5.61. The van der Waals surface area contributed by atoms with E-state index in [4.69, 9.17) is 0 Å². The zero-order chi connectivity index (χ0) is 13.4. The van der Waals surface area contributed by atoms with E-state index in [2.05, 4.69) is 40.7 Å². The molecular formula is C14H21N5. The number of anilines is 1. The third-order valence-electron chi connectivity index (χ3n) is 3.86. The zero-order valence-electron chi connectivity index (χ0n) is 11.9. The van der Waals surface area contributed by atoms with E-state index in [9.17, 15) is 0 Å². The van der Waals surface area contributed by atoms with E-state index >= 15 is 0 Å². The van der Waals surface area contributed by atoms with Crippen LogP contribution in [0.5, 0.6) is 0 Å². The molecule has 0 aromatic carbocycles. The Labute approximate surface area is 113 Å². The van der Waals surface area contributed by atoms with Crippen LogP contribution in [0.2, 0.25) is 0 Å². The fourth-order valence-electron chi connectivity index (χ4n) is 3.03. The largest absolute Gasteiger partial charge is 0.356 e. The SMILES string of the molecule is Cc1nc2ncnn2c(N2CCCCC2)c1C(C)C. The molecule has 102 valence electrons. The minimum absolute atomic E-state index is 0.443. The van der Waals surface area contributed by atoms with Crippen molar-refractivity contribution < 1.29 is 0 Å². The topological polar surface area (TPSA) is 46.3 Å². The average Bonchev–Trinajstić information content (AvgIpc) is 2.85. The predicted molar refractivity (Wildman–Crippen MR) is 75.7 cm³/mol. The maximum absolute atomic E-state index is 4.58. The third kappa shape index (κ3) is 2.07. The van der Waals surface area contributed by atoms with E-state index in [1.807, 2.05) is 4.52 Å². The number of nitrogens with zero attached hydrogens (tertiary/aromatic N) is 5. The Morgan fingerprint density at radius 3 is 2.58 bits per heavy atom. The molecule has 1 saturated heterocycles. The predicted octanol–water partition coefficient (Wildman–Crippen LogP) is 2.55. The van der Waals surface area contributed by atoms with Crippen LogP contribution in [-0.2, 0) is 0 Å². The Bertz CT molecular complexity index is 581. The lowest BCUT2D eigenvalue weighted by atomic mass is 10.0.